The fourth-order valence-electron chi connectivity index (χ4n) is 4.10. The summed E-state index contributed by atoms with van der Waals surface area (Å²) < 4.78 is 1.73. The number of hydrogen-bond acceptors (Lipinski definition) is 4. The molecule has 0 saturated carbocycles. The third-order valence-electron chi connectivity index (χ3n) is 5.37. The average molecular weight is 327 g/mol. The Bertz CT molecular complexity index is 829. The average Bonchev–Trinajstić information content (AvgIpc) is 3.13. The van der Waals surface area contributed by atoms with Crippen molar-refractivity contribution in [2.75, 3.05) is 26.7 Å². The molecule has 4 heterocycles. The molecule has 0 aliphatic carbocycles. The zero-order valence-corrected chi connectivity index (χ0v) is 14.0. The van der Waals surface area contributed by atoms with Crippen LogP contribution in [0.3, 0.4) is 0 Å². The van der Waals surface area contributed by atoms with Gasteiger partial charge in [0.05, 0.1) is 11.1 Å². The predicted octanol–water partition coefficient (Wildman–Crippen LogP) is 1.12. The van der Waals surface area contributed by atoms with Crippen LogP contribution >= 0.6 is 0 Å². The number of likely N-dealkylation sites (tertiary alicyclic amines) is 2. The van der Waals surface area contributed by atoms with E-state index >= 15 is 0 Å². The van der Waals surface area contributed by atoms with Crippen LogP contribution in [0.25, 0.3) is 5.78 Å². The number of fused-ring (bicyclic) bond motifs is 1. The van der Waals surface area contributed by atoms with Gasteiger partial charge in [-0.15, -0.1) is 0 Å². The van der Waals surface area contributed by atoms with Gasteiger partial charge in [-0.25, -0.2) is 9.97 Å². The topological polar surface area (TPSA) is 70.8 Å². The molecule has 1 spiro atoms. The van der Waals surface area contributed by atoms with E-state index in [1.807, 2.05) is 14.0 Å². The molecule has 2 aromatic heterocycles. The lowest BCUT2D eigenvalue weighted by molar-refractivity contribution is -0.143. The molecule has 126 valence electrons. The quantitative estimate of drug-likeness (QED) is 0.787. The van der Waals surface area contributed by atoms with Gasteiger partial charge in [-0.3, -0.25) is 14.0 Å². The predicted molar refractivity (Wildman–Crippen MR) is 87.5 cm³/mol. The molecule has 4 rings (SSSR count). The summed E-state index contributed by atoms with van der Waals surface area (Å²) in [6.07, 6.45) is 6.09. The van der Waals surface area contributed by atoms with Gasteiger partial charge >= 0.3 is 0 Å². The Morgan fingerprint density at radius 1 is 1.29 bits per heavy atom. The van der Waals surface area contributed by atoms with Crippen molar-refractivity contribution in [3.05, 3.63) is 29.8 Å². The second kappa shape index (κ2) is 5.29. The number of amides is 2. The molecule has 2 fully saturated rings. The standard InChI is InChI=1S/C17H21N5O2/c1-12-13(22-9-4-7-18-16(22)19-12)14(23)21-10-6-17(11-21)5-3-8-20(2)15(17)24/h4,7,9H,3,5-6,8,10-11H2,1-2H3. The summed E-state index contributed by atoms with van der Waals surface area (Å²) in [7, 11) is 1.86. The number of aromatic nitrogens is 3. The van der Waals surface area contributed by atoms with Gasteiger partial charge in [-0.2, -0.15) is 0 Å². The molecule has 0 bridgehead atoms. The van der Waals surface area contributed by atoms with Gasteiger partial charge in [0, 0.05) is 39.1 Å². The first kappa shape index (κ1) is 15.1. The van der Waals surface area contributed by atoms with Gasteiger partial charge in [-0.1, -0.05) is 0 Å². The first-order valence-corrected chi connectivity index (χ1v) is 8.36. The SMILES string of the molecule is Cc1nc2ncccn2c1C(=O)N1CCC2(CCCN(C)C2=O)C1. The summed E-state index contributed by atoms with van der Waals surface area (Å²) in [6.45, 7) is 3.76. The van der Waals surface area contributed by atoms with Crippen molar-refractivity contribution in [3.63, 3.8) is 0 Å². The van der Waals surface area contributed by atoms with Crippen molar-refractivity contribution < 1.29 is 9.59 Å². The van der Waals surface area contributed by atoms with Crippen LogP contribution < -0.4 is 0 Å². The van der Waals surface area contributed by atoms with E-state index in [2.05, 4.69) is 9.97 Å². The van der Waals surface area contributed by atoms with E-state index in [4.69, 9.17) is 0 Å². The van der Waals surface area contributed by atoms with Crippen LogP contribution in [-0.2, 0) is 4.79 Å². The molecule has 0 aromatic carbocycles. The van der Waals surface area contributed by atoms with Crippen molar-refractivity contribution in [1.29, 1.82) is 0 Å². The van der Waals surface area contributed by atoms with Crippen LogP contribution in [0.5, 0.6) is 0 Å². The molecule has 1 atom stereocenters. The van der Waals surface area contributed by atoms with Crippen LogP contribution in [-0.4, -0.2) is 62.7 Å². The molecular weight excluding hydrogens is 306 g/mol. The van der Waals surface area contributed by atoms with Gasteiger partial charge in [0.25, 0.3) is 5.91 Å². The number of hydrogen-bond donors (Lipinski definition) is 0. The van der Waals surface area contributed by atoms with E-state index in [-0.39, 0.29) is 11.8 Å². The van der Waals surface area contributed by atoms with Gasteiger partial charge < -0.3 is 9.80 Å². The highest BCUT2D eigenvalue weighted by Gasteiger charge is 2.49. The fraction of sp³-hybridized carbons (Fsp3) is 0.529. The first-order valence-electron chi connectivity index (χ1n) is 8.36. The molecule has 7 heteroatoms. The molecule has 0 N–H and O–H groups in total. The lowest BCUT2D eigenvalue weighted by Crippen LogP contribution is -2.48. The Morgan fingerprint density at radius 2 is 2.12 bits per heavy atom. The van der Waals surface area contributed by atoms with Crippen molar-refractivity contribution in [1.82, 2.24) is 24.2 Å². The van der Waals surface area contributed by atoms with E-state index in [9.17, 15) is 9.59 Å². The summed E-state index contributed by atoms with van der Waals surface area (Å²) in [5, 5.41) is 0. The van der Waals surface area contributed by atoms with Crippen LogP contribution in [0.15, 0.2) is 18.5 Å². The van der Waals surface area contributed by atoms with Crippen molar-refractivity contribution in [3.8, 4) is 0 Å². The summed E-state index contributed by atoms with van der Waals surface area (Å²) in [5.74, 6) is 0.646. The molecular formula is C17H21N5O2. The lowest BCUT2D eigenvalue weighted by Gasteiger charge is -2.37. The van der Waals surface area contributed by atoms with Crippen molar-refractivity contribution >= 4 is 17.6 Å². The molecule has 1 unspecified atom stereocenters. The Balaban J connectivity index is 1.64. The minimum absolute atomic E-state index is 0.0640. The molecule has 7 nitrogen and oxygen atoms in total. The zero-order chi connectivity index (χ0) is 16.9. The number of piperidine rings is 1. The third kappa shape index (κ3) is 2.11. The van der Waals surface area contributed by atoms with E-state index in [0.717, 1.165) is 25.8 Å². The highest BCUT2D eigenvalue weighted by Crippen LogP contribution is 2.40. The Morgan fingerprint density at radius 3 is 2.96 bits per heavy atom. The monoisotopic (exact) mass is 327 g/mol. The van der Waals surface area contributed by atoms with E-state index in [1.165, 1.54) is 0 Å². The van der Waals surface area contributed by atoms with Crippen molar-refractivity contribution in [2.24, 2.45) is 5.41 Å². The van der Waals surface area contributed by atoms with Crippen LogP contribution in [0.1, 0.15) is 35.4 Å². The maximum absolute atomic E-state index is 13.1. The van der Waals surface area contributed by atoms with E-state index in [0.29, 0.717) is 30.3 Å². The highest BCUT2D eigenvalue weighted by molar-refractivity contribution is 5.95. The number of carbonyl (C=O) groups is 2. The molecule has 2 aliphatic heterocycles. The normalized spacial score (nSPS) is 24.3. The first-order chi connectivity index (χ1) is 11.5. The van der Waals surface area contributed by atoms with Crippen LogP contribution in [0.4, 0.5) is 0 Å². The second-order valence-electron chi connectivity index (χ2n) is 6.92. The minimum atomic E-state index is -0.394. The van der Waals surface area contributed by atoms with Gasteiger partial charge in [0.1, 0.15) is 5.69 Å². The Kier molecular flexibility index (Phi) is 3.33. The number of carbonyl (C=O) groups excluding carboxylic acids is 2. The lowest BCUT2D eigenvalue weighted by atomic mass is 9.78. The molecule has 2 saturated heterocycles. The number of nitrogens with zero attached hydrogens (tertiary/aromatic N) is 5. The molecule has 2 aliphatic rings. The Hall–Kier alpha value is -2.44. The fourth-order valence-corrected chi connectivity index (χ4v) is 4.10. The number of imidazole rings is 1. The summed E-state index contributed by atoms with van der Waals surface area (Å²) in [6, 6.07) is 1.79. The maximum Gasteiger partial charge on any atom is 0.272 e. The van der Waals surface area contributed by atoms with Crippen molar-refractivity contribution in [2.45, 2.75) is 26.2 Å². The summed E-state index contributed by atoms with van der Waals surface area (Å²) >= 11 is 0. The largest absolute Gasteiger partial charge is 0.345 e. The molecule has 2 aromatic rings. The number of rotatable bonds is 1. The second-order valence-corrected chi connectivity index (χ2v) is 6.92. The molecule has 0 radical (unpaired) electrons. The Labute approximate surface area is 140 Å². The van der Waals surface area contributed by atoms with E-state index < -0.39 is 5.41 Å². The smallest absolute Gasteiger partial charge is 0.272 e. The van der Waals surface area contributed by atoms with Gasteiger partial charge in [-0.05, 0) is 32.3 Å². The third-order valence-corrected chi connectivity index (χ3v) is 5.37. The molecule has 2 amide bonds. The van der Waals surface area contributed by atoms with Gasteiger partial charge in [0.2, 0.25) is 11.7 Å². The highest BCUT2D eigenvalue weighted by atomic mass is 16.2. The van der Waals surface area contributed by atoms with Crippen LogP contribution in [0, 0.1) is 12.3 Å². The van der Waals surface area contributed by atoms with Gasteiger partial charge in [0.15, 0.2) is 0 Å². The zero-order valence-electron chi connectivity index (χ0n) is 14.0. The van der Waals surface area contributed by atoms with E-state index in [1.54, 1.807) is 32.7 Å². The summed E-state index contributed by atoms with van der Waals surface area (Å²) in [4.78, 5) is 37.9. The minimum Gasteiger partial charge on any atom is -0.345 e. The number of aryl methyl sites for hydroxylation is 1. The summed E-state index contributed by atoms with van der Waals surface area (Å²) in [5.41, 5.74) is 0.827. The maximum atomic E-state index is 13.1. The van der Waals surface area contributed by atoms with Crippen LogP contribution in [0.2, 0.25) is 0 Å². The molecule has 24 heavy (non-hydrogen) atoms.